The van der Waals surface area contributed by atoms with E-state index >= 15 is 0 Å². The summed E-state index contributed by atoms with van der Waals surface area (Å²) in [6, 6.07) is 14.1. The summed E-state index contributed by atoms with van der Waals surface area (Å²) in [6.45, 7) is 6.52. The zero-order chi connectivity index (χ0) is 17.1. The Hall–Kier alpha value is -2.20. The van der Waals surface area contributed by atoms with Gasteiger partial charge in [-0.25, -0.2) is 4.98 Å². The molecule has 24 heavy (non-hydrogen) atoms. The number of aryl methyl sites for hydroxylation is 1. The van der Waals surface area contributed by atoms with Crippen molar-refractivity contribution in [2.24, 2.45) is 0 Å². The van der Waals surface area contributed by atoms with Gasteiger partial charge in [0.25, 0.3) is 5.91 Å². The van der Waals surface area contributed by atoms with Crippen LogP contribution < -0.4 is 5.32 Å². The Bertz CT molecular complexity index is 852. The van der Waals surface area contributed by atoms with Crippen LogP contribution in [0.4, 0.5) is 5.13 Å². The summed E-state index contributed by atoms with van der Waals surface area (Å²) >= 11 is 1.53. The van der Waals surface area contributed by atoms with Crippen LogP contribution in [0.25, 0.3) is 10.2 Å². The molecule has 124 valence electrons. The minimum atomic E-state index is -0.112. The maximum Gasteiger partial charge on any atom is 0.257 e. The molecule has 0 saturated heterocycles. The molecule has 3 nitrogen and oxygen atoms in total. The van der Waals surface area contributed by atoms with Gasteiger partial charge < -0.3 is 0 Å². The number of aromatic nitrogens is 1. The molecule has 0 radical (unpaired) electrons. The lowest BCUT2D eigenvalue weighted by Gasteiger charge is -2.07. The lowest BCUT2D eigenvalue weighted by atomic mass is 9.99. The van der Waals surface area contributed by atoms with Gasteiger partial charge in [0.1, 0.15) is 0 Å². The maximum absolute atomic E-state index is 12.4. The van der Waals surface area contributed by atoms with Gasteiger partial charge in [0.15, 0.2) is 5.13 Å². The highest BCUT2D eigenvalue weighted by Crippen LogP contribution is 2.30. The Balaban J connectivity index is 1.80. The molecule has 0 fully saturated rings. The van der Waals surface area contributed by atoms with E-state index in [0.29, 0.717) is 16.6 Å². The summed E-state index contributed by atoms with van der Waals surface area (Å²) in [5, 5.41) is 3.57. The minimum absolute atomic E-state index is 0.112. The molecule has 4 heteroatoms. The van der Waals surface area contributed by atoms with E-state index in [4.69, 9.17) is 0 Å². The van der Waals surface area contributed by atoms with Crippen LogP contribution in [0, 0.1) is 0 Å². The quantitative estimate of drug-likeness (QED) is 0.655. The number of benzene rings is 2. The monoisotopic (exact) mass is 338 g/mol. The Morgan fingerprint density at radius 3 is 2.58 bits per heavy atom. The van der Waals surface area contributed by atoms with Crippen molar-refractivity contribution in [1.82, 2.24) is 4.98 Å². The normalized spacial score (nSPS) is 12.3. The van der Waals surface area contributed by atoms with Crippen LogP contribution in [-0.4, -0.2) is 10.9 Å². The van der Waals surface area contributed by atoms with Crippen LogP contribution in [0.15, 0.2) is 42.5 Å². The summed E-state index contributed by atoms with van der Waals surface area (Å²) in [7, 11) is 0. The molecule has 3 aromatic rings. The van der Waals surface area contributed by atoms with Crippen LogP contribution in [-0.2, 0) is 6.42 Å². The zero-order valence-corrected chi connectivity index (χ0v) is 15.1. The van der Waals surface area contributed by atoms with Gasteiger partial charge >= 0.3 is 0 Å². The van der Waals surface area contributed by atoms with Crippen molar-refractivity contribution in [2.75, 3.05) is 5.32 Å². The van der Waals surface area contributed by atoms with Gasteiger partial charge in [0, 0.05) is 5.56 Å². The van der Waals surface area contributed by atoms with Crippen molar-refractivity contribution in [3.8, 4) is 0 Å². The molecular formula is C20H22N2OS. The molecule has 1 heterocycles. The Morgan fingerprint density at radius 1 is 1.17 bits per heavy atom. The number of hydrogen-bond donors (Lipinski definition) is 1. The fourth-order valence-corrected chi connectivity index (χ4v) is 3.51. The predicted octanol–water partition coefficient (Wildman–Crippen LogP) is 5.62. The Morgan fingerprint density at radius 2 is 1.92 bits per heavy atom. The summed E-state index contributed by atoms with van der Waals surface area (Å²) in [5.41, 5.74) is 4.14. The molecule has 1 N–H and O–H groups in total. The summed E-state index contributed by atoms with van der Waals surface area (Å²) < 4.78 is 1.12. The third-order valence-corrected chi connectivity index (χ3v) is 5.37. The van der Waals surface area contributed by atoms with Gasteiger partial charge in [-0.15, -0.1) is 0 Å². The van der Waals surface area contributed by atoms with Gasteiger partial charge in [0.2, 0.25) is 0 Å². The molecule has 1 unspecified atom stereocenters. The molecule has 1 amide bonds. The van der Waals surface area contributed by atoms with Gasteiger partial charge in [-0.2, -0.15) is 0 Å². The number of rotatable bonds is 5. The number of amides is 1. The lowest BCUT2D eigenvalue weighted by molar-refractivity contribution is 0.102. The molecule has 0 bridgehead atoms. The van der Waals surface area contributed by atoms with Crippen molar-refractivity contribution in [3.63, 3.8) is 0 Å². The van der Waals surface area contributed by atoms with Crippen LogP contribution in [0.5, 0.6) is 0 Å². The minimum Gasteiger partial charge on any atom is -0.298 e. The summed E-state index contributed by atoms with van der Waals surface area (Å²) in [6.07, 6.45) is 2.08. The lowest BCUT2D eigenvalue weighted by Crippen LogP contribution is -2.11. The highest BCUT2D eigenvalue weighted by atomic mass is 32.1. The molecule has 1 atom stereocenters. The van der Waals surface area contributed by atoms with Gasteiger partial charge in [0.05, 0.1) is 10.2 Å². The van der Waals surface area contributed by atoms with E-state index in [2.05, 4.69) is 43.2 Å². The summed E-state index contributed by atoms with van der Waals surface area (Å²) in [5.74, 6) is 0.422. The largest absolute Gasteiger partial charge is 0.298 e. The standard InChI is InChI=1S/C20H22N2OS/c1-4-13(3)16-10-11-17-18(12-16)24-20(21-17)22-19(23)15-8-6-14(5-2)7-9-15/h6-13H,4-5H2,1-3H3,(H,21,22,23). The van der Waals surface area contributed by atoms with E-state index in [1.54, 1.807) is 0 Å². The van der Waals surface area contributed by atoms with Crippen molar-refractivity contribution in [2.45, 2.75) is 39.5 Å². The number of thiazole rings is 1. The molecule has 0 aliphatic carbocycles. The summed E-state index contributed by atoms with van der Waals surface area (Å²) in [4.78, 5) is 16.9. The first-order chi connectivity index (χ1) is 11.6. The second-order valence-corrected chi connectivity index (χ2v) is 7.09. The second-order valence-electron chi connectivity index (χ2n) is 6.06. The average Bonchev–Trinajstić information content (AvgIpc) is 3.02. The van der Waals surface area contributed by atoms with E-state index in [1.807, 2.05) is 30.3 Å². The van der Waals surface area contributed by atoms with Crippen molar-refractivity contribution < 1.29 is 4.79 Å². The third kappa shape index (κ3) is 3.49. The number of nitrogens with one attached hydrogen (secondary N) is 1. The molecule has 1 aromatic heterocycles. The number of carbonyl (C=O) groups is 1. The molecule has 0 aliphatic rings. The highest BCUT2D eigenvalue weighted by molar-refractivity contribution is 7.22. The average molecular weight is 338 g/mol. The van der Waals surface area contributed by atoms with Crippen molar-refractivity contribution in [1.29, 1.82) is 0 Å². The van der Waals surface area contributed by atoms with Crippen molar-refractivity contribution in [3.05, 3.63) is 59.2 Å². The third-order valence-electron chi connectivity index (χ3n) is 4.44. The maximum atomic E-state index is 12.4. The van der Waals surface area contributed by atoms with Crippen LogP contribution in [0.2, 0.25) is 0 Å². The SMILES string of the molecule is CCc1ccc(C(=O)Nc2nc3ccc(C(C)CC)cc3s2)cc1. The van der Waals surface area contributed by atoms with Gasteiger partial charge in [-0.3, -0.25) is 10.1 Å². The van der Waals surface area contributed by atoms with Crippen LogP contribution in [0.3, 0.4) is 0 Å². The van der Waals surface area contributed by atoms with Gasteiger partial charge in [-0.1, -0.05) is 50.3 Å². The number of anilines is 1. The fourth-order valence-electron chi connectivity index (χ4n) is 2.60. The highest BCUT2D eigenvalue weighted by Gasteiger charge is 2.11. The zero-order valence-electron chi connectivity index (χ0n) is 14.3. The smallest absolute Gasteiger partial charge is 0.257 e. The number of fused-ring (bicyclic) bond motifs is 1. The number of hydrogen-bond acceptors (Lipinski definition) is 3. The van der Waals surface area contributed by atoms with E-state index in [0.717, 1.165) is 23.1 Å². The van der Waals surface area contributed by atoms with E-state index in [9.17, 15) is 4.79 Å². The molecule has 0 spiro atoms. The molecule has 2 aromatic carbocycles. The number of carbonyl (C=O) groups excluding carboxylic acids is 1. The van der Waals surface area contributed by atoms with Crippen LogP contribution >= 0.6 is 11.3 Å². The molecule has 0 saturated carbocycles. The fraction of sp³-hybridized carbons (Fsp3) is 0.300. The molecule has 3 rings (SSSR count). The second kappa shape index (κ2) is 7.14. The van der Waals surface area contributed by atoms with Crippen LogP contribution in [0.1, 0.15) is 54.6 Å². The van der Waals surface area contributed by atoms with E-state index in [1.165, 1.54) is 22.5 Å². The predicted molar refractivity (Wildman–Crippen MR) is 102 cm³/mol. The van der Waals surface area contributed by atoms with Gasteiger partial charge in [-0.05, 0) is 54.2 Å². The van der Waals surface area contributed by atoms with E-state index < -0.39 is 0 Å². The van der Waals surface area contributed by atoms with Crippen molar-refractivity contribution >= 4 is 32.6 Å². The first kappa shape index (κ1) is 16.7. The van der Waals surface area contributed by atoms with E-state index in [-0.39, 0.29) is 5.91 Å². The first-order valence-corrected chi connectivity index (χ1v) is 9.23. The topological polar surface area (TPSA) is 42.0 Å². The number of nitrogens with zero attached hydrogens (tertiary/aromatic N) is 1. The molecular weight excluding hydrogens is 316 g/mol. The Kier molecular flexibility index (Phi) is 4.95. The molecule has 0 aliphatic heterocycles. The first-order valence-electron chi connectivity index (χ1n) is 8.41. The Labute approximate surface area is 146 Å².